The van der Waals surface area contributed by atoms with Gasteiger partial charge in [0.2, 0.25) is 0 Å². The molecule has 2 heterocycles. The number of aliphatic hydroxyl groups excluding tert-OH is 1. The van der Waals surface area contributed by atoms with E-state index in [4.69, 9.17) is 0 Å². The van der Waals surface area contributed by atoms with E-state index in [9.17, 15) is 5.11 Å². The van der Waals surface area contributed by atoms with Crippen LogP contribution in [0.25, 0.3) is 0 Å². The van der Waals surface area contributed by atoms with Crippen molar-refractivity contribution in [3.63, 3.8) is 0 Å². The van der Waals surface area contributed by atoms with Gasteiger partial charge in [-0.25, -0.2) is 9.97 Å². The van der Waals surface area contributed by atoms with E-state index in [2.05, 4.69) is 34.0 Å². The molecule has 1 aromatic rings. The first kappa shape index (κ1) is 17.3. The maximum atomic E-state index is 10.2. The molecular formula is C17H30N4O. The Morgan fingerprint density at radius 3 is 2.68 bits per heavy atom. The molecule has 0 aromatic carbocycles. The number of hydrogen-bond acceptors (Lipinski definition) is 5. The molecule has 2 unspecified atom stereocenters. The molecule has 22 heavy (non-hydrogen) atoms. The Morgan fingerprint density at radius 2 is 2.05 bits per heavy atom. The van der Waals surface area contributed by atoms with Crippen LogP contribution in [0.2, 0.25) is 0 Å². The first-order valence-corrected chi connectivity index (χ1v) is 8.39. The minimum absolute atomic E-state index is 0.150. The molecule has 2 N–H and O–H groups in total. The summed E-state index contributed by atoms with van der Waals surface area (Å²) in [6.07, 6.45) is 4.04. The van der Waals surface area contributed by atoms with Crippen LogP contribution in [-0.4, -0.2) is 52.3 Å². The van der Waals surface area contributed by atoms with Gasteiger partial charge in [0, 0.05) is 36.6 Å². The van der Waals surface area contributed by atoms with Crippen molar-refractivity contribution in [2.24, 2.45) is 5.92 Å². The Hall–Kier alpha value is -1.04. The average molecular weight is 306 g/mol. The van der Waals surface area contributed by atoms with Crippen LogP contribution < -0.4 is 5.32 Å². The Bertz CT molecular complexity index is 472. The molecule has 0 spiro atoms. The summed E-state index contributed by atoms with van der Waals surface area (Å²) in [5, 5.41) is 13.6. The normalized spacial score (nSPS) is 20.0. The summed E-state index contributed by atoms with van der Waals surface area (Å²) < 4.78 is 0. The number of nitrogens with one attached hydrogen (secondary N) is 1. The molecule has 5 nitrogen and oxygen atoms in total. The largest absolute Gasteiger partial charge is 0.390 e. The van der Waals surface area contributed by atoms with Crippen LogP contribution in [0.4, 0.5) is 0 Å². The van der Waals surface area contributed by atoms with Crippen molar-refractivity contribution in [1.82, 2.24) is 20.2 Å². The van der Waals surface area contributed by atoms with Gasteiger partial charge in [0.15, 0.2) is 0 Å². The molecule has 1 aromatic heterocycles. The highest BCUT2D eigenvalue weighted by molar-refractivity contribution is 5.19. The van der Waals surface area contributed by atoms with Gasteiger partial charge in [0.05, 0.1) is 6.10 Å². The molecule has 1 aliphatic heterocycles. The van der Waals surface area contributed by atoms with Crippen molar-refractivity contribution in [1.29, 1.82) is 0 Å². The zero-order valence-corrected chi connectivity index (χ0v) is 14.3. The maximum Gasteiger partial charge on any atom is 0.125 e. The number of aromatic nitrogens is 2. The quantitative estimate of drug-likeness (QED) is 0.840. The van der Waals surface area contributed by atoms with Gasteiger partial charge in [-0.1, -0.05) is 6.92 Å². The lowest BCUT2D eigenvalue weighted by molar-refractivity contribution is 0.0892. The summed E-state index contributed by atoms with van der Waals surface area (Å²) in [4.78, 5) is 11.0. The molecule has 2 rings (SSSR count). The Kier molecular flexibility index (Phi) is 6.29. The number of aliphatic hydroxyl groups is 1. The van der Waals surface area contributed by atoms with Gasteiger partial charge < -0.3 is 15.3 Å². The third-order valence-electron chi connectivity index (χ3n) is 4.61. The number of aryl methyl sites for hydroxylation is 2. The number of hydrogen-bond donors (Lipinski definition) is 2. The molecule has 124 valence electrons. The molecular weight excluding hydrogens is 276 g/mol. The standard InChI is InChI=1S/C17H30N4O/c1-12-5-7-21(8-6-12)11-16(22)9-18-13(2)17-10-19-15(4)20-14(17)3/h10,12-13,16,18,22H,5-9,11H2,1-4H3. The molecule has 1 fully saturated rings. The average Bonchev–Trinajstić information content (AvgIpc) is 2.47. The van der Waals surface area contributed by atoms with Gasteiger partial charge in [-0.2, -0.15) is 0 Å². The van der Waals surface area contributed by atoms with Gasteiger partial charge in [0.1, 0.15) is 5.82 Å². The highest BCUT2D eigenvalue weighted by atomic mass is 16.3. The predicted octanol–water partition coefficient (Wildman–Crippen LogP) is 1.84. The van der Waals surface area contributed by atoms with Gasteiger partial charge >= 0.3 is 0 Å². The van der Waals surface area contributed by atoms with E-state index in [1.54, 1.807) is 0 Å². The third-order valence-corrected chi connectivity index (χ3v) is 4.61. The van der Waals surface area contributed by atoms with Gasteiger partial charge in [0.25, 0.3) is 0 Å². The summed E-state index contributed by atoms with van der Waals surface area (Å²) >= 11 is 0. The SMILES string of the molecule is Cc1ncc(C(C)NCC(O)CN2CCC(C)CC2)c(C)n1. The second-order valence-electron chi connectivity index (χ2n) is 6.72. The number of likely N-dealkylation sites (tertiary alicyclic amines) is 1. The molecule has 0 saturated carbocycles. The zero-order chi connectivity index (χ0) is 16.1. The highest BCUT2D eigenvalue weighted by Gasteiger charge is 2.19. The smallest absolute Gasteiger partial charge is 0.125 e. The summed E-state index contributed by atoms with van der Waals surface area (Å²) in [7, 11) is 0. The van der Waals surface area contributed by atoms with Crippen LogP contribution in [0.5, 0.6) is 0 Å². The third kappa shape index (κ3) is 5.00. The minimum atomic E-state index is -0.331. The Balaban J connectivity index is 1.76. The van der Waals surface area contributed by atoms with E-state index in [-0.39, 0.29) is 12.1 Å². The molecule has 2 atom stereocenters. The van der Waals surface area contributed by atoms with Crippen LogP contribution in [0.3, 0.4) is 0 Å². The van der Waals surface area contributed by atoms with Crippen molar-refractivity contribution >= 4 is 0 Å². The first-order chi connectivity index (χ1) is 10.5. The maximum absolute atomic E-state index is 10.2. The summed E-state index contributed by atoms with van der Waals surface area (Å²) in [5.41, 5.74) is 2.11. The topological polar surface area (TPSA) is 61.3 Å². The van der Waals surface area contributed by atoms with Crippen molar-refractivity contribution in [3.05, 3.63) is 23.3 Å². The Morgan fingerprint density at radius 1 is 1.36 bits per heavy atom. The fraction of sp³-hybridized carbons (Fsp3) is 0.765. The van der Waals surface area contributed by atoms with E-state index < -0.39 is 0 Å². The number of rotatable bonds is 6. The first-order valence-electron chi connectivity index (χ1n) is 8.39. The van der Waals surface area contributed by atoms with Gasteiger partial charge in [-0.15, -0.1) is 0 Å². The predicted molar refractivity (Wildman–Crippen MR) is 88.8 cm³/mol. The Labute approximate surface area is 134 Å². The number of nitrogens with zero attached hydrogens (tertiary/aromatic N) is 3. The van der Waals surface area contributed by atoms with Crippen LogP contribution in [-0.2, 0) is 0 Å². The fourth-order valence-corrected chi connectivity index (χ4v) is 3.05. The summed E-state index contributed by atoms with van der Waals surface area (Å²) in [6, 6.07) is 0.150. The van der Waals surface area contributed by atoms with Crippen LogP contribution in [0.15, 0.2) is 6.20 Å². The van der Waals surface area contributed by atoms with Crippen LogP contribution in [0, 0.1) is 19.8 Å². The second kappa shape index (κ2) is 7.99. The van der Waals surface area contributed by atoms with E-state index in [1.807, 2.05) is 20.0 Å². The summed E-state index contributed by atoms with van der Waals surface area (Å²) in [5.74, 6) is 1.63. The molecule has 0 bridgehead atoms. The van der Waals surface area contributed by atoms with E-state index in [0.29, 0.717) is 6.54 Å². The van der Waals surface area contributed by atoms with E-state index >= 15 is 0 Å². The minimum Gasteiger partial charge on any atom is -0.390 e. The fourth-order valence-electron chi connectivity index (χ4n) is 3.05. The van der Waals surface area contributed by atoms with E-state index in [0.717, 1.165) is 42.6 Å². The second-order valence-corrected chi connectivity index (χ2v) is 6.72. The van der Waals surface area contributed by atoms with Crippen molar-refractivity contribution < 1.29 is 5.11 Å². The molecule has 0 radical (unpaired) electrons. The molecule has 1 saturated heterocycles. The van der Waals surface area contributed by atoms with Gasteiger partial charge in [-0.3, -0.25) is 0 Å². The van der Waals surface area contributed by atoms with E-state index in [1.165, 1.54) is 12.8 Å². The highest BCUT2D eigenvalue weighted by Crippen LogP contribution is 2.17. The lowest BCUT2D eigenvalue weighted by atomic mass is 9.99. The summed E-state index contributed by atoms with van der Waals surface area (Å²) in [6.45, 7) is 11.9. The van der Waals surface area contributed by atoms with Crippen LogP contribution >= 0.6 is 0 Å². The van der Waals surface area contributed by atoms with Crippen molar-refractivity contribution in [2.75, 3.05) is 26.2 Å². The zero-order valence-electron chi connectivity index (χ0n) is 14.3. The number of piperidine rings is 1. The molecule has 1 aliphatic rings. The molecule has 0 aliphatic carbocycles. The van der Waals surface area contributed by atoms with Crippen LogP contribution in [0.1, 0.15) is 49.8 Å². The van der Waals surface area contributed by atoms with Crippen molar-refractivity contribution in [3.8, 4) is 0 Å². The molecule has 5 heteroatoms. The monoisotopic (exact) mass is 306 g/mol. The molecule has 0 amide bonds. The lowest BCUT2D eigenvalue weighted by Gasteiger charge is -2.32. The number of β-amino-alcohol motifs (C(OH)–C–C–N with tert-alkyl or cyclic N) is 1. The van der Waals surface area contributed by atoms with Crippen molar-refractivity contribution in [2.45, 2.75) is 52.7 Å². The lowest BCUT2D eigenvalue weighted by Crippen LogP contribution is -2.42. The van der Waals surface area contributed by atoms with Gasteiger partial charge in [-0.05, 0) is 52.6 Å².